The molecule has 1 saturated carbocycles. The number of hydrogen-bond acceptors (Lipinski definition) is 4. The monoisotopic (exact) mass is 293 g/mol. The van der Waals surface area contributed by atoms with Crippen LogP contribution >= 0.6 is 0 Å². The fraction of sp³-hybridized carbons (Fsp3) is 0.286. The summed E-state index contributed by atoms with van der Waals surface area (Å²) in [5.74, 6) is -3.25. The zero-order valence-electron chi connectivity index (χ0n) is 11.1. The number of phenols is 1. The van der Waals surface area contributed by atoms with E-state index in [1.54, 1.807) is 4.57 Å². The van der Waals surface area contributed by atoms with E-state index in [1.807, 2.05) is 0 Å². The lowest BCUT2D eigenvalue weighted by Gasteiger charge is -2.15. The molecule has 0 spiro atoms. The number of phenolic OH excluding ortho intramolecular Hbond substituents is 1. The van der Waals surface area contributed by atoms with Crippen molar-refractivity contribution in [1.29, 1.82) is 0 Å². The summed E-state index contributed by atoms with van der Waals surface area (Å²) >= 11 is 0. The van der Waals surface area contributed by atoms with E-state index in [4.69, 9.17) is 9.84 Å². The Bertz CT molecular complexity index is 822. The summed E-state index contributed by atoms with van der Waals surface area (Å²) < 4.78 is 20.3. The highest BCUT2D eigenvalue weighted by molar-refractivity contribution is 5.95. The van der Waals surface area contributed by atoms with Crippen LogP contribution in [0.4, 0.5) is 4.39 Å². The number of hydrogen-bond donors (Lipinski definition) is 2. The summed E-state index contributed by atoms with van der Waals surface area (Å²) in [6.07, 6.45) is 2.86. The van der Waals surface area contributed by atoms with Crippen LogP contribution in [0.3, 0.4) is 0 Å². The quantitative estimate of drug-likeness (QED) is 0.902. The van der Waals surface area contributed by atoms with Crippen molar-refractivity contribution in [2.75, 3.05) is 7.11 Å². The van der Waals surface area contributed by atoms with E-state index in [9.17, 15) is 19.1 Å². The average molecular weight is 293 g/mol. The third kappa shape index (κ3) is 1.93. The molecular formula is C14H12FNO5. The SMILES string of the molecule is COc1c(O)c(F)cc2c(=O)c(C(=O)O)cn(C3CC3)c12. The van der Waals surface area contributed by atoms with E-state index in [0.29, 0.717) is 0 Å². The van der Waals surface area contributed by atoms with E-state index in [-0.39, 0.29) is 22.7 Å². The number of carboxylic acid groups (broad SMARTS) is 1. The number of benzene rings is 1. The van der Waals surface area contributed by atoms with Gasteiger partial charge in [0.2, 0.25) is 5.43 Å². The molecule has 0 unspecified atom stereocenters. The Morgan fingerprint density at radius 3 is 2.67 bits per heavy atom. The standard InChI is InChI=1S/C14H12FNO5/c1-21-13-10-7(4-9(15)12(13)18)11(17)8(14(19)20)5-16(10)6-2-3-6/h4-6,18H,2-3H2,1H3,(H,19,20). The predicted molar refractivity (Wildman–Crippen MR) is 71.6 cm³/mol. The van der Waals surface area contributed by atoms with Crippen molar-refractivity contribution in [2.24, 2.45) is 0 Å². The first-order valence-corrected chi connectivity index (χ1v) is 6.33. The maximum Gasteiger partial charge on any atom is 0.341 e. The number of nitrogens with zero attached hydrogens (tertiary/aromatic N) is 1. The lowest BCUT2D eigenvalue weighted by molar-refractivity contribution is 0.0695. The Balaban J connectivity index is 2.52. The Labute approximate surface area is 118 Å². The van der Waals surface area contributed by atoms with Crippen molar-refractivity contribution in [3.8, 4) is 11.5 Å². The molecule has 2 N–H and O–H groups in total. The van der Waals surface area contributed by atoms with E-state index < -0.39 is 28.5 Å². The van der Waals surface area contributed by atoms with Crippen molar-refractivity contribution in [1.82, 2.24) is 4.57 Å². The van der Waals surface area contributed by atoms with Gasteiger partial charge in [-0.1, -0.05) is 0 Å². The summed E-state index contributed by atoms with van der Waals surface area (Å²) in [5.41, 5.74) is -1.01. The second-order valence-electron chi connectivity index (χ2n) is 4.95. The highest BCUT2D eigenvalue weighted by atomic mass is 19.1. The lowest BCUT2D eigenvalue weighted by Crippen LogP contribution is -2.19. The zero-order chi connectivity index (χ0) is 15.3. The minimum Gasteiger partial charge on any atom is -0.502 e. The third-order valence-electron chi connectivity index (χ3n) is 3.57. The first-order chi connectivity index (χ1) is 9.95. The summed E-state index contributed by atoms with van der Waals surface area (Å²) in [4.78, 5) is 23.4. The number of carbonyl (C=O) groups is 1. The number of carboxylic acids is 1. The van der Waals surface area contributed by atoms with Crippen LogP contribution in [0.15, 0.2) is 17.1 Å². The molecule has 2 aromatic rings. The molecule has 110 valence electrons. The van der Waals surface area contributed by atoms with E-state index in [1.165, 1.54) is 13.3 Å². The maximum absolute atomic E-state index is 13.7. The summed E-state index contributed by atoms with van der Waals surface area (Å²) in [6.45, 7) is 0. The largest absolute Gasteiger partial charge is 0.502 e. The summed E-state index contributed by atoms with van der Waals surface area (Å²) in [7, 11) is 1.25. The zero-order valence-corrected chi connectivity index (χ0v) is 11.1. The molecule has 7 heteroatoms. The van der Waals surface area contributed by atoms with E-state index in [0.717, 1.165) is 18.9 Å². The van der Waals surface area contributed by atoms with Gasteiger partial charge in [0.15, 0.2) is 17.3 Å². The van der Waals surface area contributed by atoms with Crippen LogP contribution in [0, 0.1) is 5.82 Å². The van der Waals surface area contributed by atoms with Gasteiger partial charge in [-0.25, -0.2) is 9.18 Å². The van der Waals surface area contributed by atoms with Gasteiger partial charge in [0.05, 0.1) is 18.0 Å². The molecule has 1 aromatic heterocycles. The van der Waals surface area contributed by atoms with Crippen LogP contribution in [0.2, 0.25) is 0 Å². The van der Waals surface area contributed by atoms with Crippen molar-refractivity contribution in [2.45, 2.75) is 18.9 Å². The second-order valence-corrected chi connectivity index (χ2v) is 4.95. The van der Waals surface area contributed by atoms with E-state index in [2.05, 4.69) is 0 Å². The van der Waals surface area contributed by atoms with Crippen LogP contribution in [-0.2, 0) is 0 Å². The highest BCUT2D eigenvalue weighted by Crippen LogP contribution is 2.42. The number of aromatic nitrogens is 1. The van der Waals surface area contributed by atoms with Gasteiger partial charge in [-0.3, -0.25) is 4.79 Å². The maximum atomic E-state index is 13.7. The fourth-order valence-corrected chi connectivity index (χ4v) is 2.43. The van der Waals surface area contributed by atoms with E-state index >= 15 is 0 Å². The molecule has 1 fully saturated rings. The Hall–Kier alpha value is -2.57. The molecular weight excluding hydrogens is 281 g/mol. The van der Waals surface area contributed by atoms with Crippen LogP contribution < -0.4 is 10.2 Å². The van der Waals surface area contributed by atoms with Gasteiger partial charge in [-0.05, 0) is 18.9 Å². The number of aromatic carboxylic acids is 1. The van der Waals surface area contributed by atoms with Crippen molar-refractivity contribution >= 4 is 16.9 Å². The second kappa shape index (κ2) is 4.47. The van der Waals surface area contributed by atoms with Gasteiger partial charge in [0.25, 0.3) is 0 Å². The molecule has 6 nitrogen and oxygen atoms in total. The minimum atomic E-state index is -1.37. The fourth-order valence-electron chi connectivity index (χ4n) is 2.43. The lowest BCUT2D eigenvalue weighted by atomic mass is 10.1. The minimum absolute atomic E-state index is 0.0185. The van der Waals surface area contributed by atoms with Crippen LogP contribution in [0.1, 0.15) is 29.2 Å². The first kappa shape index (κ1) is 13.4. The van der Waals surface area contributed by atoms with Gasteiger partial charge in [-0.2, -0.15) is 0 Å². The molecule has 21 heavy (non-hydrogen) atoms. The number of fused-ring (bicyclic) bond motifs is 1. The van der Waals surface area contributed by atoms with Crippen LogP contribution in [0.5, 0.6) is 11.5 Å². The van der Waals surface area contributed by atoms with Crippen molar-refractivity contribution in [3.63, 3.8) is 0 Å². The average Bonchev–Trinajstić information content (AvgIpc) is 3.26. The number of ether oxygens (including phenoxy) is 1. The Morgan fingerprint density at radius 1 is 1.48 bits per heavy atom. The molecule has 1 aliphatic carbocycles. The third-order valence-corrected chi connectivity index (χ3v) is 3.57. The summed E-state index contributed by atoms with van der Waals surface area (Å²) in [5, 5.41) is 18.8. The molecule has 0 radical (unpaired) electrons. The molecule has 3 rings (SSSR count). The molecule has 0 bridgehead atoms. The molecule has 1 heterocycles. The van der Waals surface area contributed by atoms with Crippen molar-refractivity contribution in [3.05, 3.63) is 33.9 Å². The number of rotatable bonds is 3. The molecule has 0 saturated heterocycles. The van der Waals surface area contributed by atoms with Crippen LogP contribution in [-0.4, -0.2) is 27.9 Å². The van der Waals surface area contributed by atoms with Gasteiger partial charge in [0.1, 0.15) is 5.56 Å². The molecule has 0 aliphatic heterocycles. The Kier molecular flexibility index (Phi) is 2.86. The van der Waals surface area contributed by atoms with Gasteiger partial charge >= 0.3 is 5.97 Å². The van der Waals surface area contributed by atoms with Gasteiger partial charge in [-0.15, -0.1) is 0 Å². The molecule has 0 atom stereocenters. The molecule has 0 amide bonds. The van der Waals surface area contributed by atoms with Gasteiger partial charge in [0, 0.05) is 12.2 Å². The highest BCUT2D eigenvalue weighted by Gasteiger charge is 2.29. The number of methoxy groups -OCH3 is 1. The van der Waals surface area contributed by atoms with Crippen LogP contribution in [0.25, 0.3) is 10.9 Å². The summed E-state index contributed by atoms with van der Waals surface area (Å²) in [6, 6.07) is 0.867. The molecule has 1 aliphatic rings. The smallest absolute Gasteiger partial charge is 0.341 e. The number of halogens is 1. The molecule has 1 aromatic carbocycles. The predicted octanol–water partition coefficient (Wildman–Crippen LogP) is 1.89. The Morgan fingerprint density at radius 2 is 2.14 bits per heavy atom. The van der Waals surface area contributed by atoms with Gasteiger partial charge < -0.3 is 19.5 Å². The number of aromatic hydroxyl groups is 1. The first-order valence-electron chi connectivity index (χ1n) is 6.33. The normalized spacial score (nSPS) is 14.4. The number of pyridine rings is 1. The topological polar surface area (TPSA) is 88.8 Å². The van der Waals surface area contributed by atoms with Crippen molar-refractivity contribution < 1.29 is 24.1 Å².